The highest BCUT2D eigenvalue weighted by molar-refractivity contribution is 6.30. The van der Waals surface area contributed by atoms with Crippen molar-refractivity contribution in [1.29, 1.82) is 0 Å². The number of nitrogens with zero attached hydrogens (tertiary/aromatic N) is 4. The van der Waals surface area contributed by atoms with Gasteiger partial charge >= 0.3 is 0 Å². The fourth-order valence-electron chi connectivity index (χ4n) is 3.90. The maximum atomic E-state index is 12.9. The molecule has 10 heteroatoms. The first-order valence-electron chi connectivity index (χ1n) is 12.2. The predicted molar refractivity (Wildman–Crippen MR) is 151 cm³/mol. The Labute approximate surface area is 230 Å². The number of nitrogens with two attached hydrogens (primary N) is 1. The van der Waals surface area contributed by atoms with Gasteiger partial charge in [-0.15, -0.1) is 0 Å². The lowest BCUT2D eigenvalue weighted by molar-refractivity contribution is 0.0933. The van der Waals surface area contributed by atoms with E-state index >= 15 is 0 Å². The Balaban J connectivity index is 1.28. The number of halogens is 1. The minimum atomic E-state index is -0.401. The van der Waals surface area contributed by atoms with E-state index < -0.39 is 6.04 Å². The van der Waals surface area contributed by atoms with Gasteiger partial charge in [0.2, 0.25) is 5.95 Å². The number of hydrogen-bond acceptors (Lipinski definition) is 7. The zero-order chi connectivity index (χ0) is 27.2. The molecule has 39 heavy (non-hydrogen) atoms. The van der Waals surface area contributed by atoms with Crippen LogP contribution in [0.5, 0.6) is 11.5 Å². The highest BCUT2D eigenvalue weighted by Crippen LogP contribution is 2.24. The topological polar surface area (TPSA) is 120 Å². The minimum Gasteiger partial charge on any atom is -0.457 e. The van der Waals surface area contributed by atoms with Crippen molar-refractivity contribution in [2.24, 2.45) is 5.73 Å². The van der Waals surface area contributed by atoms with E-state index in [1.54, 1.807) is 35.4 Å². The summed E-state index contributed by atoms with van der Waals surface area (Å²) in [5.74, 6) is 2.12. The number of rotatable bonds is 9. The van der Waals surface area contributed by atoms with Crippen molar-refractivity contribution < 1.29 is 9.53 Å². The molecule has 4 N–H and O–H groups in total. The summed E-state index contributed by atoms with van der Waals surface area (Å²) < 4.78 is 7.53. The average molecular weight is 540 g/mol. The summed E-state index contributed by atoms with van der Waals surface area (Å²) in [5.41, 5.74) is 8.57. The maximum absolute atomic E-state index is 12.9. The number of imidazole rings is 1. The second kappa shape index (κ2) is 11.8. The number of nitrogens with one attached hydrogen (secondary N) is 2. The lowest BCUT2D eigenvalue weighted by Crippen LogP contribution is -2.33. The lowest BCUT2D eigenvalue weighted by atomic mass is 10.1. The van der Waals surface area contributed by atoms with E-state index in [0.29, 0.717) is 22.5 Å². The minimum absolute atomic E-state index is 0.214. The van der Waals surface area contributed by atoms with E-state index in [1.165, 1.54) is 0 Å². The van der Waals surface area contributed by atoms with Gasteiger partial charge in [-0.25, -0.2) is 9.97 Å². The molecule has 1 amide bonds. The largest absolute Gasteiger partial charge is 0.457 e. The Morgan fingerprint density at radius 2 is 1.79 bits per heavy atom. The summed E-state index contributed by atoms with van der Waals surface area (Å²) in [4.78, 5) is 26.2. The van der Waals surface area contributed by atoms with Gasteiger partial charge in [0.1, 0.15) is 29.3 Å². The molecular formula is C29H26ClN7O2. The maximum Gasteiger partial charge on any atom is 0.272 e. The lowest BCUT2D eigenvalue weighted by Gasteiger charge is -2.16. The summed E-state index contributed by atoms with van der Waals surface area (Å²) in [5, 5.41) is 6.69. The van der Waals surface area contributed by atoms with Crippen LogP contribution in [0.25, 0.3) is 5.82 Å². The first-order valence-corrected chi connectivity index (χ1v) is 12.6. The Morgan fingerprint density at radius 1 is 1.03 bits per heavy atom. The van der Waals surface area contributed by atoms with Crippen molar-refractivity contribution in [3.63, 3.8) is 0 Å². The monoisotopic (exact) mass is 539 g/mol. The number of carbonyl (C=O) groups is 1. The first kappa shape index (κ1) is 25.9. The van der Waals surface area contributed by atoms with E-state index in [0.717, 1.165) is 22.6 Å². The van der Waals surface area contributed by atoms with Crippen molar-refractivity contribution in [1.82, 2.24) is 24.8 Å². The molecule has 5 aromatic rings. The number of anilines is 2. The SMILES string of the molecule is Cc1cnc(Nc2ccc(Oc3ccccc3)cc2)nc1-n1cnc(C(=O)N[C@H](CN)c2cccc(Cl)c2)c1. The average Bonchev–Trinajstić information content (AvgIpc) is 3.45. The second-order valence-electron chi connectivity index (χ2n) is 8.75. The standard InChI is InChI=1S/C29H26ClN7O2/c1-19-16-32-29(34-22-10-12-24(13-11-22)39-23-8-3-2-4-9-23)36-27(19)37-17-26(33-18-37)28(38)35-25(15-31)20-6-5-7-21(30)14-20/h2-14,16-18,25H,15,31H2,1H3,(H,35,38)(H,32,34,36)/t25-/m1/s1. The Kier molecular flexibility index (Phi) is 7.81. The molecule has 9 nitrogen and oxygen atoms in total. The number of hydrogen-bond donors (Lipinski definition) is 3. The van der Waals surface area contributed by atoms with Crippen LogP contribution in [0.2, 0.25) is 5.02 Å². The fourth-order valence-corrected chi connectivity index (χ4v) is 4.10. The van der Waals surface area contributed by atoms with Crippen molar-refractivity contribution >= 4 is 29.1 Å². The molecule has 2 aromatic heterocycles. The molecule has 196 valence electrons. The van der Waals surface area contributed by atoms with Crippen LogP contribution in [-0.4, -0.2) is 32.0 Å². The summed E-state index contributed by atoms with van der Waals surface area (Å²) in [6.45, 7) is 2.10. The molecule has 5 rings (SSSR count). The summed E-state index contributed by atoms with van der Waals surface area (Å²) in [7, 11) is 0. The summed E-state index contributed by atoms with van der Waals surface area (Å²) >= 11 is 6.09. The third-order valence-corrected chi connectivity index (χ3v) is 6.12. The van der Waals surface area contributed by atoms with Crippen LogP contribution in [0.15, 0.2) is 97.6 Å². The zero-order valence-corrected chi connectivity index (χ0v) is 21.8. The van der Waals surface area contributed by atoms with E-state index in [4.69, 9.17) is 22.1 Å². The first-order chi connectivity index (χ1) is 19.0. The molecule has 0 aliphatic carbocycles. The number of carbonyl (C=O) groups excluding carboxylic acids is 1. The molecule has 0 spiro atoms. The quantitative estimate of drug-likeness (QED) is 0.223. The number of aryl methyl sites for hydroxylation is 1. The van der Waals surface area contributed by atoms with Gasteiger partial charge in [-0.1, -0.05) is 41.9 Å². The Hall–Kier alpha value is -4.73. The van der Waals surface area contributed by atoms with E-state index in [-0.39, 0.29) is 18.1 Å². The highest BCUT2D eigenvalue weighted by Gasteiger charge is 2.18. The van der Waals surface area contributed by atoms with Gasteiger partial charge in [-0.05, 0) is 61.0 Å². The third-order valence-electron chi connectivity index (χ3n) is 5.89. The molecule has 0 bridgehead atoms. The predicted octanol–water partition coefficient (Wildman–Crippen LogP) is 5.59. The number of ether oxygens (including phenoxy) is 1. The van der Waals surface area contributed by atoms with Crippen LogP contribution in [0.3, 0.4) is 0 Å². The molecule has 1 atom stereocenters. The van der Waals surface area contributed by atoms with E-state index in [1.807, 2.05) is 73.7 Å². The molecular weight excluding hydrogens is 514 g/mol. The van der Waals surface area contributed by atoms with Crippen LogP contribution in [0.1, 0.15) is 27.7 Å². The van der Waals surface area contributed by atoms with Gasteiger partial charge in [-0.3, -0.25) is 9.36 Å². The van der Waals surface area contributed by atoms with Crippen molar-refractivity contribution in [3.05, 3.63) is 119 Å². The van der Waals surface area contributed by atoms with Crippen LogP contribution in [0, 0.1) is 6.92 Å². The number of amides is 1. The van der Waals surface area contributed by atoms with Crippen molar-refractivity contribution in [2.45, 2.75) is 13.0 Å². The van der Waals surface area contributed by atoms with Crippen molar-refractivity contribution in [3.8, 4) is 17.3 Å². The van der Waals surface area contributed by atoms with Crippen LogP contribution in [0.4, 0.5) is 11.6 Å². The normalized spacial score (nSPS) is 11.6. The van der Waals surface area contributed by atoms with Gasteiger partial charge in [0.15, 0.2) is 0 Å². The third kappa shape index (κ3) is 6.40. The fraction of sp³-hybridized carbons (Fsp3) is 0.103. The molecule has 0 aliphatic rings. The zero-order valence-electron chi connectivity index (χ0n) is 21.1. The molecule has 0 saturated carbocycles. The number of benzene rings is 3. The van der Waals surface area contributed by atoms with Gasteiger partial charge < -0.3 is 21.1 Å². The smallest absolute Gasteiger partial charge is 0.272 e. The van der Waals surface area contributed by atoms with Crippen LogP contribution >= 0.6 is 11.6 Å². The Morgan fingerprint density at radius 3 is 2.54 bits per heavy atom. The van der Waals surface area contributed by atoms with E-state index in [2.05, 4.69) is 25.6 Å². The molecule has 0 unspecified atom stereocenters. The number of aromatic nitrogens is 4. The van der Waals surface area contributed by atoms with Gasteiger partial charge in [-0.2, -0.15) is 4.98 Å². The van der Waals surface area contributed by atoms with Crippen molar-refractivity contribution in [2.75, 3.05) is 11.9 Å². The van der Waals surface area contributed by atoms with Crippen LogP contribution < -0.4 is 21.1 Å². The van der Waals surface area contributed by atoms with Gasteiger partial charge in [0.05, 0.1) is 6.04 Å². The van der Waals surface area contributed by atoms with E-state index in [9.17, 15) is 4.79 Å². The molecule has 3 aromatic carbocycles. The molecule has 0 fully saturated rings. The highest BCUT2D eigenvalue weighted by atomic mass is 35.5. The van der Waals surface area contributed by atoms with Gasteiger partial charge in [0, 0.05) is 35.2 Å². The molecule has 0 radical (unpaired) electrons. The molecule has 2 heterocycles. The molecule has 0 aliphatic heterocycles. The summed E-state index contributed by atoms with van der Waals surface area (Å²) in [6.07, 6.45) is 4.87. The summed E-state index contributed by atoms with van der Waals surface area (Å²) in [6, 6.07) is 23.9. The Bertz CT molecular complexity index is 1570. The van der Waals surface area contributed by atoms with Crippen LogP contribution in [-0.2, 0) is 0 Å². The van der Waals surface area contributed by atoms with Gasteiger partial charge in [0.25, 0.3) is 5.91 Å². The second-order valence-corrected chi connectivity index (χ2v) is 9.18. The number of para-hydroxylation sites is 1. The molecule has 0 saturated heterocycles.